The maximum Gasteiger partial charge on any atom is 0.252 e. The van der Waals surface area contributed by atoms with E-state index in [0.29, 0.717) is 0 Å². The second kappa shape index (κ2) is 5.25. The molecule has 5 heteroatoms. The van der Waals surface area contributed by atoms with Crippen LogP contribution in [0.3, 0.4) is 0 Å². The molecule has 4 nitrogen and oxygen atoms in total. The van der Waals surface area contributed by atoms with Crippen molar-refractivity contribution in [3.63, 3.8) is 0 Å². The van der Waals surface area contributed by atoms with Crippen molar-refractivity contribution in [3.8, 4) is 0 Å². The number of thiophene rings is 1. The molecular weight excluding hydrogens is 272 g/mol. The Morgan fingerprint density at radius 3 is 3.00 bits per heavy atom. The zero-order valence-electron chi connectivity index (χ0n) is 11.3. The Bertz CT molecular complexity index is 688. The first kappa shape index (κ1) is 13.1. The number of nitrogens with zero attached hydrogens (tertiary/aromatic N) is 1. The highest BCUT2D eigenvalue weighted by Crippen LogP contribution is 2.20. The standard InChI is InChI=1S/C15H16N2O2S/c1-17-13-4-3-12(8-10(13)2-5-14(17)18)16-15(19)11-6-7-20-9-11/h2,5-7,9,12H,3-4,8H2,1H3,(H,16,19)/t12-/m1/s1. The van der Waals surface area contributed by atoms with E-state index < -0.39 is 0 Å². The molecule has 1 N–H and O–H groups in total. The van der Waals surface area contributed by atoms with Crippen LogP contribution in [0.15, 0.2) is 33.8 Å². The molecule has 1 atom stereocenters. The summed E-state index contributed by atoms with van der Waals surface area (Å²) in [5.74, 6) is -0.00970. The van der Waals surface area contributed by atoms with Crippen LogP contribution in [0.4, 0.5) is 0 Å². The molecule has 3 rings (SSSR count). The number of amides is 1. The zero-order chi connectivity index (χ0) is 14.1. The van der Waals surface area contributed by atoms with E-state index in [1.807, 2.05) is 29.9 Å². The number of carbonyl (C=O) groups is 1. The number of hydrogen-bond acceptors (Lipinski definition) is 3. The van der Waals surface area contributed by atoms with Gasteiger partial charge >= 0.3 is 0 Å². The van der Waals surface area contributed by atoms with Crippen molar-refractivity contribution in [3.05, 3.63) is 56.1 Å². The normalized spacial score (nSPS) is 17.6. The molecule has 1 aliphatic carbocycles. The minimum atomic E-state index is -0.00970. The van der Waals surface area contributed by atoms with Crippen LogP contribution < -0.4 is 10.9 Å². The second-order valence-electron chi connectivity index (χ2n) is 5.13. The van der Waals surface area contributed by atoms with Gasteiger partial charge in [0.1, 0.15) is 0 Å². The molecule has 0 aliphatic heterocycles. The molecular formula is C15H16N2O2S. The van der Waals surface area contributed by atoms with Crippen LogP contribution in [-0.2, 0) is 19.9 Å². The van der Waals surface area contributed by atoms with Gasteiger partial charge in [-0.3, -0.25) is 9.59 Å². The Morgan fingerprint density at radius 2 is 2.25 bits per heavy atom. The average molecular weight is 288 g/mol. The summed E-state index contributed by atoms with van der Waals surface area (Å²) in [5.41, 5.74) is 3.01. The summed E-state index contributed by atoms with van der Waals surface area (Å²) >= 11 is 1.52. The van der Waals surface area contributed by atoms with Crippen LogP contribution in [0.2, 0.25) is 0 Å². The third-order valence-corrected chi connectivity index (χ3v) is 4.53. The predicted molar refractivity (Wildman–Crippen MR) is 79.3 cm³/mol. The monoisotopic (exact) mass is 288 g/mol. The van der Waals surface area contributed by atoms with E-state index in [0.717, 1.165) is 36.1 Å². The van der Waals surface area contributed by atoms with Gasteiger partial charge in [0, 0.05) is 35.8 Å². The van der Waals surface area contributed by atoms with E-state index in [-0.39, 0.29) is 17.5 Å². The average Bonchev–Trinajstić information content (AvgIpc) is 2.97. The molecule has 0 spiro atoms. The van der Waals surface area contributed by atoms with E-state index in [4.69, 9.17) is 0 Å². The molecule has 104 valence electrons. The molecule has 0 bridgehead atoms. The highest BCUT2D eigenvalue weighted by atomic mass is 32.1. The minimum absolute atomic E-state index is 0.00970. The molecule has 0 radical (unpaired) electrons. The number of hydrogen-bond donors (Lipinski definition) is 1. The van der Waals surface area contributed by atoms with Crippen molar-refractivity contribution in [2.24, 2.45) is 7.05 Å². The maximum absolute atomic E-state index is 12.0. The van der Waals surface area contributed by atoms with Crippen molar-refractivity contribution in [2.45, 2.75) is 25.3 Å². The Morgan fingerprint density at radius 1 is 1.40 bits per heavy atom. The molecule has 1 aliphatic rings. The van der Waals surface area contributed by atoms with Crippen LogP contribution in [0.25, 0.3) is 0 Å². The lowest BCUT2D eigenvalue weighted by molar-refractivity contribution is 0.0934. The molecule has 2 heterocycles. The first-order chi connectivity index (χ1) is 9.65. The summed E-state index contributed by atoms with van der Waals surface area (Å²) in [6.45, 7) is 0. The fourth-order valence-corrected chi connectivity index (χ4v) is 3.34. The fraction of sp³-hybridized carbons (Fsp3) is 0.333. The number of aromatic nitrogens is 1. The summed E-state index contributed by atoms with van der Waals surface area (Å²) in [7, 11) is 1.81. The third-order valence-electron chi connectivity index (χ3n) is 3.85. The highest BCUT2D eigenvalue weighted by molar-refractivity contribution is 7.08. The smallest absolute Gasteiger partial charge is 0.252 e. The first-order valence-corrected chi connectivity index (χ1v) is 7.60. The van der Waals surface area contributed by atoms with Gasteiger partial charge in [-0.25, -0.2) is 0 Å². The van der Waals surface area contributed by atoms with Crippen molar-refractivity contribution < 1.29 is 4.79 Å². The van der Waals surface area contributed by atoms with E-state index in [1.165, 1.54) is 11.3 Å². The Kier molecular flexibility index (Phi) is 3.44. The number of nitrogens with one attached hydrogen (secondary N) is 1. The Hall–Kier alpha value is -1.88. The van der Waals surface area contributed by atoms with Gasteiger partial charge in [0.15, 0.2) is 0 Å². The molecule has 0 saturated heterocycles. The summed E-state index contributed by atoms with van der Waals surface area (Å²) < 4.78 is 1.71. The number of pyridine rings is 1. The molecule has 0 unspecified atom stereocenters. The molecule has 0 fully saturated rings. The Labute approximate surface area is 121 Å². The lowest BCUT2D eigenvalue weighted by Gasteiger charge is -2.26. The van der Waals surface area contributed by atoms with Gasteiger partial charge < -0.3 is 9.88 Å². The molecule has 1 amide bonds. The zero-order valence-corrected chi connectivity index (χ0v) is 12.1. The predicted octanol–water partition coefficient (Wildman–Crippen LogP) is 1.73. The molecule has 2 aromatic rings. The summed E-state index contributed by atoms with van der Waals surface area (Å²) in [6.07, 6.45) is 2.50. The van der Waals surface area contributed by atoms with Gasteiger partial charge in [0.25, 0.3) is 5.91 Å². The van der Waals surface area contributed by atoms with Crippen LogP contribution >= 0.6 is 11.3 Å². The first-order valence-electron chi connectivity index (χ1n) is 6.66. The lowest BCUT2D eigenvalue weighted by Crippen LogP contribution is -2.40. The van der Waals surface area contributed by atoms with Crippen LogP contribution in [0.5, 0.6) is 0 Å². The van der Waals surface area contributed by atoms with E-state index >= 15 is 0 Å². The summed E-state index contributed by atoms with van der Waals surface area (Å²) in [6, 6.07) is 5.47. The van der Waals surface area contributed by atoms with Crippen molar-refractivity contribution >= 4 is 17.2 Å². The van der Waals surface area contributed by atoms with E-state index in [1.54, 1.807) is 10.6 Å². The van der Waals surface area contributed by atoms with Crippen LogP contribution in [-0.4, -0.2) is 16.5 Å². The molecule has 0 aromatic carbocycles. The molecule has 2 aromatic heterocycles. The minimum Gasteiger partial charge on any atom is -0.349 e. The maximum atomic E-state index is 12.0. The van der Waals surface area contributed by atoms with Crippen molar-refractivity contribution in [1.82, 2.24) is 9.88 Å². The third kappa shape index (κ3) is 2.41. The van der Waals surface area contributed by atoms with Crippen LogP contribution in [0, 0.1) is 0 Å². The van der Waals surface area contributed by atoms with Crippen molar-refractivity contribution in [2.75, 3.05) is 0 Å². The van der Waals surface area contributed by atoms with Crippen molar-refractivity contribution in [1.29, 1.82) is 0 Å². The summed E-state index contributed by atoms with van der Waals surface area (Å²) in [4.78, 5) is 23.6. The number of fused-ring (bicyclic) bond motifs is 1. The number of carbonyl (C=O) groups excluding carboxylic acids is 1. The van der Waals surface area contributed by atoms with Gasteiger partial charge in [-0.2, -0.15) is 11.3 Å². The van der Waals surface area contributed by atoms with Gasteiger partial charge in [-0.05, 0) is 36.3 Å². The van der Waals surface area contributed by atoms with Gasteiger partial charge in [0.2, 0.25) is 5.56 Å². The molecule has 0 saturated carbocycles. The number of rotatable bonds is 2. The van der Waals surface area contributed by atoms with Gasteiger partial charge in [-0.15, -0.1) is 0 Å². The second-order valence-corrected chi connectivity index (χ2v) is 5.91. The quantitative estimate of drug-likeness (QED) is 0.915. The Balaban J connectivity index is 1.75. The SMILES string of the molecule is Cn1c2c(ccc1=O)C[C@H](NC(=O)c1ccsc1)CC2. The topological polar surface area (TPSA) is 51.1 Å². The fourth-order valence-electron chi connectivity index (χ4n) is 2.71. The van der Waals surface area contributed by atoms with E-state index in [2.05, 4.69) is 5.32 Å². The highest BCUT2D eigenvalue weighted by Gasteiger charge is 2.22. The lowest BCUT2D eigenvalue weighted by atomic mass is 9.91. The molecule has 20 heavy (non-hydrogen) atoms. The van der Waals surface area contributed by atoms with Crippen LogP contribution in [0.1, 0.15) is 28.0 Å². The van der Waals surface area contributed by atoms with Gasteiger partial charge in [-0.1, -0.05) is 6.07 Å². The van der Waals surface area contributed by atoms with E-state index in [9.17, 15) is 9.59 Å². The largest absolute Gasteiger partial charge is 0.349 e. The summed E-state index contributed by atoms with van der Waals surface area (Å²) in [5, 5.41) is 6.84. The van der Waals surface area contributed by atoms with Gasteiger partial charge in [0.05, 0.1) is 0 Å².